The highest BCUT2D eigenvalue weighted by Gasteiger charge is 2.46. The van der Waals surface area contributed by atoms with Crippen LogP contribution in [0.15, 0.2) is 267 Å². The Morgan fingerprint density at radius 2 is 0.821 bits per heavy atom. The molecule has 1 aromatic heterocycles. The summed E-state index contributed by atoms with van der Waals surface area (Å²) in [5.41, 5.74) is 18.7. The second-order valence-electron chi connectivity index (χ2n) is 17.7. The van der Waals surface area contributed by atoms with Crippen LogP contribution in [0.4, 0.5) is 17.1 Å². The largest absolute Gasteiger partial charge is 0.310 e. The molecule has 2 nitrogen and oxygen atoms in total. The van der Waals surface area contributed by atoms with Crippen molar-refractivity contribution in [1.29, 1.82) is 0 Å². The first-order valence-corrected chi connectivity index (χ1v) is 23.2. The number of nitrogens with zero attached hydrogens (tertiary/aromatic N) is 2. The van der Waals surface area contributed by atoms with Gasteiger partial charge in [-0.1, -0.05) is 200 Å². The second kappa shape index (κ2) is 15.8. The highest BCUT2D eigenvalue weighted by Crippen LogP contribution is 2.57. The second-order valence-corrected chi connectivity index (χ2v) is 17.7. The van der Waals surface area contributed by atoms with E-state index in [1.54, 1.807) is 0 Å². The van der Waals surface area contributed by atoms with Crippen LogP contribution in [0.1, 0.15) is 22.3 Å². The monoisotopic (exact) mass is 852 g/mol. The molecule has 0 atom stereocenters. The molecule has 1 aliphatic rings. The van der Waals surface area contributed by atoms with Crippen LogP contribution in [0.2, 0.25) is 0 Å². The normalized spacial score (nSPS) is 12.6. The van der Waals surface area contributed by atoms with Crippen molar-refractivity contribution >= 4 is 49.6 Å². The summed E-state index contributed by atoms with van der Waals surface area (Å²) in [6.07, 6.45) is 0. The molecule has 0 saturated heterocycles. The number of rotatable bonds is 8. The van der Waals surface area contributed by atoms with E-state index < -0.39 is 5.41 Å². The quantitative estimate of drug-likeness (QED) is 0.148. The summed E-state index contributed by atoms with van der Waals surface area (Å²) >= 11 is 0. The van der Waals surface area contributed by atoms with Crippen molar-refractivity contribution in [3.63, 3.8) is 0 Å². The van der Waals surface area contributed by atoms with Crippen LogP contribution < -0.4 is 4.90 Å². The molecule has 1 aliphatic carbocycles. The average Bonchev–Trinajstić information content (AvgIpc) is 3.90. The van der Waals surface area contributed by atoms with Gasteiger partial charge in [0, 0.05) is 33.5 Å². The minimum atomic E-state index is -0.507. The smallest absolute Gasteiger partial charge is 0.0714 e. The number of hydrogen-bond acceptors (Lipinski definition) is 1. The molecule has 0 bridgehead atoms. The highest BCUT2D eigenvalue weighted by atomic mass is 15.1. The molecule has 0 spiro atoms. The molecule has 0 unspecified atom stereocenters. The van der Waals surface area contributed by atoms with Gasteiger partial charge in [0.2, 0.25) is 0 Å². The van der Waals surface area contributed by atoms with E-state index in [2.05, 4.69) is 276 Å². The Morgan fingerprint density at radius 1 is 0.299 bits per heavy atom. The van der Waals surface area contributed by atoms with Gasteiger partial charge in [0.05, 0.1) is 16.4 Å². The summed E-state index contributed by atoms with van der Waals surface area (Å²) in [7, 11) is 0. The Morgan fingerprint density at radius 3 is 1.54 bits per heavy atom. The Labute approximate surface area is 390 Å². The van der Waals surface area contributed by atoms with Crippen LogP contribution in [-0.2, 0) is 5.41 Å². The van der Waals surface area contributed by atoms with Crippen molar-refractivity contribution in [2.24, 2.45) is 0 Å². The van der Waals surface area contributed by atoms with Crippen LogP contribution in [0.3, 0.4) is 0 Å². The molecule has 0 radical (unpaired) electrons. The third kappa shape index (κ3) is 6.26. The van der Waals surface area contributed by atoms with Crippen molar-refractivity contribution in [3.8, 4) is 39.1 Å². The van der Waals surface area contributed by atoms with Gasteiger partial charge in [-0.15, -0.1) is 0 Å². The van der Waals surface area contributed by atoms with Gasteiger partial charge in [-0.05, 0) is 133 Å². The molecule has 0 amide bonds. The molecular formula is C65H44N2. The van der Waals surface area contributed by atoms with Gasteiger partial charge in [-0.2, -0.15) is 0 Å². The van der Waals surface area contributed by atoms with E-state index >= 15 is 0 Å². The van der Waals surface area contributed by atoms with Crippen molar-refractivity contribution in [2.45, 2.75) is 5.41 Å². The Bertz CT molecular complexity index is 3740. The Hall–Kier alpha value is -8.72. The maximum atomic E-state index is 2.45. The molecule has 13 rings (SSSR count). The first kappa shape index (κ1) is 38.7. The number of anilines is 3. The maximum absolute atomic E-state index is 2.45. The summed E-state index contributed by atoms with van der Waals surface area (Å²) < 4.78 is 2.41. The van der Waals surface area contributed by atoms with Gasteiger partial charge < -0.3 is 9.47 Å². The van der Waals surface area contributed by atoms with Gasteiger partial charge in [0.25, 0.3) is 0 Å². The van der Waals surface area contributed by atoms with Crippen LogP contribution in [0.5, 0.6) is 0 Å². The lowest BCUT2D eigenvalue weighted by molar-refractivity contribution is 0.768. The predicted octanol–water partition coefficient (Wildman–Crippen LogP) is 17.1. The number of hydrogen-bond donors (Lipinski definition) is 0. The van der Waals surface area contributed by atoms with E-state index in [4.69, 9.17) is 0 Å². The van der Waals surface area contributed by atoms with Crippen molar-refractivity contribution < 1.29 is 0 Å². The fraction of sp³-hybridized carbons (Fsp3) is 0.0154. The zero-order valence-corrected chi connectivity index (χ0v) is 36.8. The Balaban J connectivity index is 0.952. The lowest BCUT2D eigenvalue weighted by Gasteiger charge is -2.35. The van der Waals surface area contributed by atoms with Crippen LogP contribution >= 0.6 is 0 Å². The number of fused-ring (bicyclic) bond motifs is 7. The molecule has 0 fully saturated rings. The zero-order valence-electron chi connectivity index (χ0n) is 36.8. The van der Waals surface area contributed by atoms with E-state index in [0.29, 0.717) is 0 Å². The van der Waals surface area contributed by atoms with Crippen LogP contribution in [0, 0.1) is 0 Å². The molecule has 314 valence electrons. The highest BCUT2D eigenvalue weighted by molar-refractivity contribution is 6.10. The molecule has 0 aliphatic heterocycles. The van der Waals surface area contributed by atoms with Gasteiger partial charge in [-0.25, -0.2) is 0 Å². The summed E-state index contributed by atoms with van der Waals surface area (Å²) in [4.78, 5) is 2.42. The lowest BCUT2D eigenvalue weighted by Crippen LogP contribution is -2.28. The van der Waals surface area contributed by atoms with E-state index in [0.717, 1.165) is 17.1 Å². The lowest BCUT2D eigenvalue weighted by atomic mass is 9.67. The Kier molecular flexibility index (Phi) is 9.11. The summed E-state index contributed by atoms with van der Waals surface area (Å²) in [5, 5.41) is 4.97. The first-order chi connectivity index (χ1) is 33.2. The molecule has 0 saturated carbocycles. The van der Waals surface area contributed by atoms with Crippen molar-refractivity contribution in [1.82, 2.24) is 4.57 Å². The summed E-state index contributed by atoms with van der Waals surface area (Å²) in [5.74, 6) is 0. The SMILES string of the molecule is c1ccc(-c2ccc(N(c3ccc(-c4ccc5c(c4)c4ccccc4n5-c4ccc5ccccc5c4)cc3)c3ccc4c(c3)C(c3ccccc3)(c3ccccc3)c3ccccc3-4)cc2)cc1. The fourth-order valence-electron chi connectivity index (χ4n) is 11.0. The number of benzene rings is 11. The minimum Gasteiger partial charge on any atom is -0.310 e. The molecular weight excluding hydrogens is 809 g/mol. The molecule has 67 heavy (non-hydrogen) atoms. The van der Waals surface area contributed by atoms with E-state index in [9.17, 15) is 0 Å². The van der Waals surface area contributed by atoms with Crippen molar-refractivity contribution in [2.75, 3.05) is 4.90 Å². The topological polar surface area (TPSA) is 8.17 Å². The van der Waals surface area contributed by atoms with Crippen LogP contribution in [0.25, 0.3) is 71.6 Å². The average molecular weight is 853 g/mol. The fourth-order valence-corrected chi connectivity index (χ4v) is 11.0. The van der Waals surface area contributed by atoms with Crippen molar-refractivity contribution in [3.05, 3.63) is 289 Å². The van der Waals surface area contributed by atoms with Crippen LogP contribution in [-0.4, -0.2) is 4.57 Å². The maximum Gasteiger partial charge on any atom is 0.0714 e. The minimum absolute atomic E-state index is 0.507. The number of aromatic nitrogens is 1. The van der Waals surface area contributed by atoms with Gasteiger partial charge in [0.15, 0.2) is 0 Å². The van der Waals surface area contributed by atoms with E-state index in [-0.39, 0.29) is 0 Å². The van der Waals surface area contributed by atoms with E-state index in [1.807, 2.05) is 0 Å². The third-order valence-corrected chi connectivity index (χ3v) is 14.1. The molecule has 1 heterocycles. The standard InChI is InChI=1S/C65H44N2/c1-4-16-45(17-5-1)47-28-34-53(35-29-47)66(56-39-40-58-57-24-12-14-26-61(57)65(62(58)44-56,51-20-6-2-7-21-51)52-22-8-3-9-23-52)54-36-30-48(31-37-54)50-33-41-64-60(43-50)59-25-13-15-27-63(59)67(64)55-38-32-46-18-10-11-19-49(46)42-55/h1-44H. The molecule has 12 aromatic rings. The number of para-hydroxylation sites is 1. The predicted molar refractivity (Wildman–Crippen MR) is 281 cm³/mol. The summed E-state index contributed by atoms with van der Waals surface area (Å²) in [6.45, 7) is 0. The first-order valence-electron chi connectivity index (χ1n) is 23.2. The van der Waals surface area contributed by atoms with E-state index in [1.165, 1.54) is 93.9 Å². The molecule has 2 heteroatoms. The molecule has 11 aromatic carbocycles. The van der Waals surface area contributed by atoms with Gasteiger partial charge >= 0.3 is 0 Å². The van der Waals surface area contributed by atoms with Gasteiger partial charge in [0.1, 0.15) is 0 Å². The molecule has 0 N–H and O–H groups in total. The third-order valence-electron chi connectivity index (χ3n) is 14.1. The van der Waals surface area contributed by atoms with Gasteiger partial charge in [-0.3, -0.25) is 0 Å². The summed E-state index contributed by atoms with van der Waals surface area (Å²) in [6, 6.07) is 98.1. The zero-order chi connectivity index (χ0) is 44.3.